The van der Waals surface area contributed by atoms with E-state index in [1.54, 1.807) is 12.1 Å². The van der Waals surface area contributed by atoms with E-state index in [0.717, 1.165) is 65.0 Å². The standard InChI is InChI=1S/C27H29N3O3.C2HF3O2/c1-4-5-10-26-28-23-16-15-21(29(2)3)17-24(23)30(26)18-19-11-13-20(14-12-19)22-8-6-7-9-25(22)33-27(31)32;3-2(4,5)1(6)7/h6-9,11-17H,4-5,10,18H2,1-3H3,(H,31,32);(H,6,7). The largest absolute Gasteiger partial charge is 0.511 e. The van der Waals surface area contributed by atoms with Gasteiger partial charge >= 0.3 is 18.3 Å². The van der Waals surface area contributed by atoms with Crippen LogP contribution in [-0.4, -0.2) is 52.2 Å². The average molecular weight is 558 g/mol. The van der Waals surface area contributed by atoms with Gasteiger partial charge in [0.25, 0.3) is 0 Å². The predicted molar refractivity (Wildman–Crippen MR) is 146 cm³/mol. The Balaban J connectivity index is 0.000000559. The van der Waals surface area contributed by atoms with E-state index in [1.165, 1.54) is 0 Å². The van der Waals surface area contributed by atoms with Gasteiger partial charge in [-0.25, -0.2) is 14.6 Å². The van der Waals surface area contributed by atoms with E-state index in [9.17, 15) is 18.0 Å². The second-order valence-corrected chi connectivity index (χ2v) is 9.15. The van der Waals surface area contributed by atoms with Crippen LogP contribution in [0.3, 0.4) is 0 Å². The molecule has 4 aromatic rings. The number of carboxylic acid groups (broad SMARTS) is 2. The summed E-state index contributed by atoms with van der Waals surface area (Å²) in [7, 11) is 4.09. The summed E-state index contributed by atoms with van der Waals surface area (Å²) in [6, 6.07) is 21.7. The Hall–Kier alpha value is -4.54. The molecule has 1 heterocycles. The van der Waals surface area contributed by atoms with Crippen LogP contribution in [0, 0.1) is 0 Å². The number of fused-ring (bicyclic) bond motifs is 1. The molecular formula is C29H30F3N3O5. The molecule has 3 aromatic carbocycles. The lowest BCUT2D eigenvalue weighted by Crippen LogP contribution is -2.21. The molecule has 0 spiro atoms. The molecule has 8 nitrogen and oxygen atoms in total. The minimum atomic E-state index is -5.08. The van der Waals surface area contributed by atoms with Crippen molar-refractivity contribution in [1.29, 1.82) is 0 Å². The molecule has 0 aliphatic heterocycles. The van der Waals surface area contributed by atoms with Crippen LogP contribution in [0.15, 0.2) is 66.7 Å². The number of carboxylic acids is 1. The molecule has 0 saturated heterocycles. The Morgan fingerprint density at radius 3 is 2.23 bits per heavy atom. The number of imidazole rings is 1. The van der Waals surface area contributed by atoms with Crippen LogP contribution in [0.25, 0.3) is 22.2 Å². The molecule has 0 bridgehead atoms. The van der Waals surface area contributed by atoms with Crippen molar-refractivity contribution in [2.45, 2.75) is 38.9 Å². The van der Waals surface area contributed by atoms with Gasteiger partial charge in [0.1, 0.15) is 11.6 Å². The molecule has 4 rings (SSSR count). The van der Waals surface area contributed by atoms with Gasteiger partial charge in [-0.05, 0) is 41.8 Å². The minimum Gasteiger partial charge on any atom is -0.475 e. The summed E-state index contributed by atoms with van der Waals surface area (Å²) in [5.41, 5.74) is 6.12. The molecule has 0 atom stereocenters. The summed E-state index contributed by atoms with van der Waals surface area (Å²) in [6.07, 6.45) is -3.23. The van der Waals surface area contributed by atoms with Gasteiger partial charge in [0.05, 0.1) is 11.0 Å². The highest BCUT2D eigenvalue weighted by molar-refractivity contribution is 5.81. The minimum absolute atomic E-state index is 0.330. The van der Waals surface area contributed by atoms with E-state index in [-0.39, 0.29) is 0 Å². The first kappa shape index (κ1) is 30.0. The van der Waals surface area contributed by atoms with Gasteiger partial charge in [-0.15, -0.1) is 0 Å². The Morgan fingerprint density at radius 2 is 1.65 bits per heavy atom. The molecule has 40 heavy (non-hydrogen) atoms. The first-order valence-corrected chi connectivity index (χ1v) is 12.5. The Morgan fingerprint density at radius 1 is 1.00 bits per heavy atom. The molecule has 0 aliphatic carbocycles. The van der Waals surface area contributed by atoms with Crippen molar-refractivity contribution in [3.8, 4) is 16.9 Å². The number of carbonyl (C=O) groups is 2. The van der Waals surface area contributed by atoms with Crippen molar-refractivity contribution in [3.05, 3.63) is 78.1 Å². The third-order valence-corrected chi connectivity index (χ3v) is 6.01. The number of para-hydroxylation sites is 1. The number of unbranched alkanes of at least 4 members (excludes halogenated alkanes) is 1. The third-order valence-electron chi connectivity index (χ3n) is 6.01. The summed E-state index contributed by atoms with van der Waals surface area (Å²) in [6.45, 7) is 2.92. The number of halogens is 3. The number of alkyl halides is 3. The SMILES string of the molecule is CCCCc1nc2ccc(N(C)C)cc2n1Cc1ccc(-c2ccccc2OC(=O)O)cc1.O=C(O)C(F)(F)F. The van der Waals surface area contributed by atoms with Crippen LogP contribution in [0.1, 0.15) is 31.2 Å². The monoisotopic (exact) mass is 557 g/mol. The van der Waals surface area contributed by atoms with Crippen molar-refractivity contribution in [2.24, 2.45) is 0 Å². The molecule has 0 fully saturated rings. The fourth-order valence-electron chi connectivity index (χ4n) is 4.00. The maximum atomic E-state index is 11.0. The van der Waals surface area contributed by atoms with E-state index in [0.29, 0.717) is 5.75 Å². The van der Waals surface area contributed by atoms with Gasteiger partial charge in [0.15, 0.2) is 0 Å². The maximum absolute atomic E-state index is 11.0. The van der Waals surface area contributed by atoms with Gasteiger partial charge in [-0.1, -0.05) is 55.8 Å². The molecule has 11 heteroatoms. The topological polar surface area (TPSA) is 105 Å². The first-order valence-electron chi connectivity index (χ1n) is 12.5. The number of aromatic nitrogens is 2. The zero-order valence-corrected chi connectivity index (χ0v) is 22.3. The lowest BCUT2D eigenvalue weighted by Gasteiger charge is -2.14. The van der Waals surface area contributed by atoms with Crippen molar-refractivity contribution in [2.75, 3.05) is 19.0 Å². The molecule has 212 valence electrons. The zero-order valence-electron chi connectivity index (χ0n) is 22.3. The van der Waals surface area contributed by atoms with Crippen LogP contribution in [0.4, 0.5) is 23.7 Å². The number of anilines is 1. The molecule has 2 N–H and O–H groups in total. The quantitative estimate of drug-likeness (QED) is 0.180. The van der Waals surface area contributed by atoms with Crippen molar-refractivity contribution in [1.82, 2.24) is 9.55 Å². The number of hydrogen-bond donors (Lipinski definition) is 2. The molecule has 0 saturated carbocycles. The lowest BCUT2D eigenvalue weighted by molar-refractivity contribution is -0.192. The molecule has 0 unspecified atom stereocenters. The highest BCUT2D eigenvalue weighted by Crippen LogP contribution is 2.31. The third kappa shape index (κ3) is 7.75. The number of nitrogens with zero attached hydrogens (tertiary/aromatic N) is 3. The van der Waals surface area contributed by atoms with Crippen molar-refractivity contribution in [3.63, 3.8) is 0 Å². The smallest absolute Gasteiger partial charge is 0.475 e. The molecule has 0 amide bonds. The maximum Gasteiger partial charge on any atom is 0.511 e. The lowest BCUT2D eigenvalue weighted by atomic mass is 10.0. The highest BCUT2D eigenvalue weighted by Gasteiger charge is 2.38. The number of rotatable bonds is 8. The predicted octanol–water partition coefficient (Wildman–Crippen LogP) is 6.85. The van der Waals surface area contributed by atoms with Crippen LogP contribution in [0.5, 0.6) is 5.75 Å². The molecule has 1 aromatic heterocycles. The highest BCUT2D eigenvalue weighted by atomic mass is 19.4. The Labute approximate surface area is 229 Å². The average Bonchev–Trinajstić information content (AvgIpc) is 3.24. The normalized spacial score (nSPS) is 11.1. The van der Waals surface area contributed by atoms with E-state index in [2.05, 4.69) is 46.7 Å². The van der Waals surface area contributed by atoms with Gasteiger partial charge in [-0.2, -0.15) is 13.2 Å². The van der Waals surface area contributed by atoms with Gasteiger partial charge < -0.3 is 24.4 Å². The van der Waals surface area contributed by atoms with Crippen molar-refractivity contribution >= 4 is 28.8 Å². The van der Waals surface area contributed by atoms with Crippen LogP contribution < -0.4 is 9.64 Å². The van der Waals surface area contributed by atoms with Gasteiger partial charge in [0.2, 0.25) is 0 Å². The van der Waals surface area contributed by atoms with Crippen LogP contribution >= 0.6 is 0 Å². The van der Waals surface area contributed by atoms with E-state index < -0.39 is 18.3 Å². The fraction of sp³-hybridized carbons (Fsp3) is 0.276. The second-order valence-electron chi connectivity index (χ2n) is 9.15. The van der Waals surface area contributed by atoms with Gasteiger partial charge in [-0.3, -0.25) is 0 Å². The Kier molecular flexibility index (Phi) is 9.76. The van der Waals surface area contributed by atoms with E-state index in [1.807, 2.05) is 38.4 Å². The fourth-order valence-corrected chi connectivity index (χ4v) is 4.00. The summed E-state index contributed by atoms with van der Waals surface area (Å²) >= 11 is 0. The number of aliphatic carboxylic acids is 1. The number of ether oxygens (including phenoxy) is 1. The van der Waals surface area contributed by atoms with E-state index in [4.69, 9.17) is 24.7 Å². The van der Waals surface area contributed by atoms with Crippen LogP contribution in [-0.2, 0) is 17.8 Å². The number of hydrogen-bond acceptors (Lipinski definition) is 5. The van der Waals surface area contributed by atoms with Gasteiger partial charge in [0, 0.05) is 38.3 Å². The first-order chi connectivity index (χ1) is 18.9. The van der Waals surface area contributed by atoms with Crippen molar-refractivity contribution < 1.29 is 37.7 Å². The van der Waals surface area contributed by atoms with E-state index >= 15 is 0 Å². The summed E-state index contributed by atoms with van der Waals surface area (Å²) < 4.78 is 39.0. The molecule has 0 aliphatic rings. The summed E-state index contributed by atoms with van der Waals surface area (Å²) in [5, 5.41) is 16.1. The molecular weight excluding hydrogens is 527 g/mol. The zero-order chi connectivity index (χ0) is 29.4. The number of aryl methyl sites for hydroxylation is 1. The second kappa shape index (κ2) is 13.0. The Bertz CT molecular complexity index is 1460. The van der Waals surface area contributed by atoms with Crippen LogP contribution in [0.2, 0.25) is 0 Å². The summed E-state index contributed by atoms with van der Waals surface area (Å²) in [4.78, 5) is 27.0. The summed E-state index contributed by atoms with van der Waals surface area (Å²) in [5.74, 6) is -1.32. The molecule has 0 radical (unpaired) electrons. The number of benzene rings is 3.